The van der Waals surface area contributed by atoms with Gasteiger partial charge in [0.15, 0.2) is 11.6 Å². The summed E-state index contributed by atoms with van der Waals surface area (Å²) in [5.41, 5.74) is 6.00. The maximum absolute atomic E-state index is 13.5. The molecule has 6 heteroatoms. The molecule has 0 aliphatic heterocycles. The lowest BCUT2D eigenvalue weighted by molar-refractivity contribution is 0.102. The number of methoxy groups -OCH3 is 1. The molecular weight excluding hydrogens is 266 g/mol. The van der Waals surface area contributed by atoms with Crippen LogP contribution in [0.4, 0.5) is 20.2 Å². The molecule has 104 valence electrons. The number of anilines is 2. The Morgan fingerprint density at radius 2 is 2.00 bits per heavy atom. The van der Waals surface area contributed by atoms with Crippen molar-refractivity contribution in [2.45, 2.75) is 0 Å². The average molecular weight is 278 g/mol. The Balaban J connectivity index is 2.24. The predicted molar refractivity (Wildman–Crippen MR) is 71.7 cm³/mol. The summed E-state index contributed by atoms with van der Waals surface area (Å²) in [4.78, 5) is 11.9. The summed E-state index contributed by atoms with van der Waals surface area (Å²) >= 11 is 0. The molecule has 2 aromatic carbocycles. The zero-order chi connectivity index (χ0) is 14.7. The summed E-state index contributed by atoms with van der Waals surface area (Å²) < 4.78 is 31.5. The molecule has 20 heavy (non-hydrogen) atoms. The standard InChI is InChI=1S/C14H12F2N2O2/c1-20-12-6-5-8(7-11(12)17)18-14(19)9-3-2-4-10(15)13(9)16/h2-7H,17H2,1H3,(H,18,19). The Morgan fingerprint density at radius 1 is 1.25 bits per heavy atom. The highest BCUT2D eigenvalue weighted by Gasteiger charge is 2.15. The van der Waals surface area contributed by atoms with Crippen LogP contribution in [0.5, 0.6) is 5.75 Å². The number of carbonyl (C=O) groups is 1. The summed E-state index contributed by atoms with van der Waals surface area (Å²) in [7, 11) is 1.46. The van der Waals surface area contributed by atoms with Crippen LogP contribution >= 0.6 is 0 Å². The van der Waals surface area contributed by atoms with Crippen molar-refractivity contribution in [1.82, 2.24) is 0 Å². The predicted octanol–water partition coefficient (Wildman–Crippen LogP) is 2.81. The van der Waals surface area contributed by atoms with Gasteiger partial charge < -0.3 is 15.8 Å². The third kappa shape index (κ3) is 2.69. The second-order valence-corrected chi connectivity index (χ2v) is 4.01. The van der Waals surface area contributed by atoms with Gasteiger partial charge in [-0.2, -0.15) is 0 Å². The minimum absolute atomic E-state index is 0.324. The van der Waals surface area contributed by atoms with E-state index in [1.54, 1.807) is 12.1 Å². The van der Waals surface area contributed by atoms with Crippen LogP contribution in [0.2, 0.25) is 0 Å². The molecule has 0 aliphatic carbocycles. The van der Waals surface area contributed by atoms with Crippen LogP contribution in [0.15, 0.2) is 36.4 Å². The van der Waals surface area contributed by atoms with Gasteiger partial charge >= 0.3 is 0 Å². The lowest BCUT2D eigenvalue weighted by Gasteiger charge is -2.09. The Labute approximate surface area is 114 Å². The van der Waals surface area contributed by atoms with Crippen molar-refractivity contribution in [2.75, 3.05) is 18.2 Å². The van der Waals surface area contributed by atoms with Gasteiger partial charge in [-0.05, 0) is 30.3 Å². The number of ether oxygens (including phenoxy) is 1. The molecular formula is C14H12F2N2O2. The van der Waals surface area contributed by atoms with Crippen LogP contribution < -0.4 is 15.8 Å². The molecule has 0 aromatic heterocycles. The topological polar surface area (TPSA) is 64.3 Å². The molecule has 0 radical (unpaired) electrons. The van der Waals surface area contributed by atoms with Gasteiger partial charge in [0.2, 0.25) is 0 Å². The summed E-state index contributed by atoms with van der Waals surface area (Å²) in [6, 6.07) is 7.97. The van der Waals surface area contributed by atoms with Crippen LogP contribution in [0.3, 0.4) is 0 Å². The maximum atomic E-state index is 13.5. The van der Waals surface area contributed by atoms with E-state index in [9.17, 15) is 13.6 Å². The molecule has 0 fully saturated rings. The third-order valence-corrected chi connectivity index (χ3v) is 2.68. The molecule has 0 heterocycles. The van der Waals surface area contributed by atoms with Crippen molar-refractivity contribution in [3.8, 4) is 5.75 Å². The van der Waals surface area contributed by atoms with Crippen LogP contribution in [0.1, 0.15) is 10.4 Å². The highest BCUT2D eigenvalue weighted by Crippen LogP contribution is 2.25. The van der Waals surface area contributed by atoms with E-state index in [1.165, 1.54) is 25.3 Å². The van der Waals surface area contributed by atoms with E-state index in [0.29, 0.717) is 17.1 Å². The van der Waals surface area contributed by atoms with Crippen LogP contribution in [-0.4, -0.2) is 13.0 Å². The summed E-state index contributed by atoms with van der Waals surface area (Å²) in [6.45, 7) is 0. The Bertz CT molecular complexity index is 660. The van der Waals surface area contributed by atoms with Gasteiger partial charge in [-0.3, -0.25) is 4.79 Å². The summed E-state index contributed by atoms with van der Waals surface area (Å²) in [5, 5.41) is 2.44. The first-order valence-corrected chi connectivity index (χ1v) is 5.72. The average Bonchev–Trinajstić information content (AvgIpc) is 2.42. The van der Waals surface area contributed by atoms with E-state index in [0.717, 1.165) is 6.07 Å². The minimum Gasteiger partial charge on any atom is -0.495 e. The molecule has 0 unspecified atom stereocenters. The maximum Gasteiger partial charge on any atom is 0.258 e. The third-order valence-electron chi connectivity index (χ3n) is 2.68. The Morgan fingerprint density at radius 3 is 2.65 bits per heavy atom. The summed E-state index contributed by atoms with van der Waals surface area (Å²) in [6.07, 6.45) is 0. The van der Waals surface area contributed by atoms with Gasteiger partial charge in [0.1, 0.15) is 5.75 Å². The van der Waals surface area contributed by atoms with Crippen molar-refractivity contribution in [2.24, 2.45) is 0 Å². The van der Waals surface area contributed by atoms with Crippen molar-refractivity contribution in [3.05, 3.63) is 53.6 Å². The highest BCUT2D eigenvalue weighted by molar-refractivity contribution is 6.04. The second-order valence-electron chi connectivity index (χ2n) is 4.01. The van der Waals surface area contributed by atoms with E-state index < -0.39 is 17.5 Å². The van der Waals surface area contributed by atoms with Crippen molar-refractivity contribution in [3.63, 3.8) is 0 Å². The van der Waals surface area contributed by atoms with Crippen molar-refractivity contribution in [1.29, 1.82) is 0 Å². The van der Waals surface area contributed by atoms with E-state index >= 15 is 0 Å². The number of carbonyl (C=O) groups excluding carboxylic acids is 1. The van der Waals surface area contributed by atoms with E-state index in [1.807, 2.05) is 0 Å². The molecule has 0 saturated heterocycles. The smallest absolute Gasteiger partial charge is 0.258 e. The number of nitrogen functional groups attached to an aromatic ring is 1. The summed E-state index contributed by atoms with van der Waals surface area (Å²) in [5.74, 6) is -2.56. The molecule has 0 saturated carbocycles. The molecule has 0 aliphatic rings. The first kappa shape index (κ1) is 13.8. The first-order valence-electron chi connectivity index (χ1n) is 5.72. The first-order chi connectivity index (χ1) is 9.52. The molecule has 0 bridgehead atoms. The number of nitrogens with one attached hydrogen (secondary N) is 1. The lowest BCUT2D eigenvalue weighted by Crippen LogP contribution is -2.14. The van der Waals surface area contributed by atoms with E-state index in [2.05, 4.69) is 5.32 Å². The SMILES string of the molecule is COc1ccc(NC(=O)c2cccc(F)c2F)cc1N. The molecule has 1 amide bonds. The number of rotatable bonds is 3. The molecule has 0 spiro atoms. The Hall–Kier alpha value is -2.63. The fourth-order valence-corrected chi connectivity index (χ4v) is 1.69. The van der Waals surface area contributed by atoms with Crippen LogP contribution in [0, 0.1) is 11.6 Å². The van der Waals surface area contributed by atoms with Crippen LogP contribution in [0.25, 0.3) is 0 Å². The van der Waals surface area contributed by atoms with Gasteiger partial charge in [0.05, 0.1) is 18.4 Å². The minimum atomic E-state index is -1.19. The normalized spacial score (nSPS) is 10.2. The van der Waals surface area contributed by atoms with E-state index in [-0.39, 0.29) is 5.56 Å². The number of halogens is 2. The van der Waals surface area contributed by atoms with Crippen LogP contribution in [-0.2, 0) is 0 Å². The molecule has 0 atom stereocenters. The van der Waals surface area contributed by atoms with Gasteiger partial charge in [0.25, 0.3) is 5.91 Å². The largest absolute Gasteiger partial charge is 0.495 e. The quantitative estimate of drug-likeness (QED) is 0.848. The van der Waals surface area contributed by atoms with Gasteiger partial charge in [-0.25, -0.2) is 8.78 Å². The van der Waals surface area contributed by atoms with E-state index in [4.69, 9.17) is 10.5 Å². The molecule has 4 nitrogen and oxygen atoms in total. The number of benzene rings is 2. The molecule has 2 rings (SSSR count). The number of hydrogen-bond acceptors (Lipinski definition) is 3. The fourth-order valence-electron chi connectivity index (χ4n) is 1.69. The Kier molecular flexibility index (Phi) is 3.84. The van der Waals surface area contributed by atoms with Gasteiger partial charge in [-0.15, -0.1) is 0 Å². The zero-order valence-corrected chi connectivity index (χ0v) is 10.6. The monoisotopic (exact) mass is 278 g/mol. The zero-order valence-electron chi connectivity index (χ0n) is 10.6. The second kappa shape index (κ2) is 5.56. The highest BCUT2D eigenvalue weighted by atomic mass is 19.2. The fraction of sp³-hybridized carbons (Fsp3) is 0.0714. The van der Waals surface area contributed by atoms with Crippen molar-refractivity contribution < 1.29 is 18.3 Å². The lowest BCUT2D eigenvalue weighted by atomic mass is 10.2. The molecule has 2 aromatic rings. The number of hydrogen-bond donors (Lipinski definition) is 2. The van der Waals surface area contributed by atoms with Gasteiger partial charge in [0, 0.05) is 5.69 Å². The molecule has 3 N–H and O–H groups in total. The van der Waals surface area contributed by atoms with Crippen molar-refractivity contribution >= 4 is 17.3 Å². The van der Waals surface area contributed by atoms with Gasteiger partial charge in [-0.1, -0.05) is 6.07 Å². The number of nitrogens with two attached hydrogens (primary N) is 1. The number of amides is 1.